The molecule has 0 radical (unpaired) electrons. The van der Waals surface area contributed by atoms with Gasteiger partial charge in [-0.25, -0.2) is 13.8 Å². The summed E-state index contributed by atoms with van der Waals surface area (Å²) in [4.78, 5) is 12.1. The lowest BCUT2D eigenvalue weighted by Gasteiger charge is -2.21. The zero-order valence-electron chi connectivity index (χ0n) is 13.8. The molecule has 0 heterocycles. The van der Waals surface area contributed by atoms with Crippen LogP contribution in [0.1, 0.15) is 11.1 Å². The molecule has 25 heavy (non-hydrogen) atoms. The van der Waals surface area contributed by atoms with Crippen molar-refractivity contribution in [3.05, 3.63) is 64.1 Å². The minimum absolute atomic E-state index is 0.352. The lowest BCUT2D eigenvalue weighted by atomic mass is 10.2. The lowest BCUT2D eigenvalue weighted by molar-refractivity contribution is -0.119. The Morgan fingerprint density at radius 1 is 1.24 bits per heavy atom. The van der Waals surface area contributed by atoms with Crippen molar-refractivity contribution in [2.24, 2.45) is 5.10 Å². The van der Waals surface area contributed by atoms with Crippen LogP contribution in [0.2, 0.25) is 0 Å². The molecular formula is C17H18BrN3O3S. The average Bonchev–Trinajstić information content (AvgIpc) is 2.53. The van der Waals surface area contributed by atoms with E-state index in [4.69, 9.17) is 0 Å². The van der Waals surface area contributed by atoms with Crippen LogP contribution in [0.3, 0.4) is 0 Å². The molecule has 0 aliphatic heterocycles. The third kappa shape index (κ3) is 5.68. The molecule has 6 nitrogen and oxygen atoms in total. The molecule has 0 aromatic heterocycles. The van der Waals surface area contributed by atoms with Gasteiger partial charge < -0.3 is 0 Å². The van der Waals surface area contributed by atoms with Crippen molar-refractivity contribution >= 4 is 43.8 Å². The van der Waals surface area contributed by atoms with Crippen LogP contribution in [0, 0.1) is 6.92 Å². The van der Waals surface area contributed by atoms with Gasteiger partial charge in [0, 0.05) is 10.0 Å². The second kappa shape index (κ2) is 8.26. The van der Waals surface area contributed by atoms with E-state index in [9.17, 15) is 13.2 Å². The van der Waals surface area contributed by atoms with Gasteiger partial charge in [-0.15, -0.1) is 0 Å². The van der Waals surface area contributed by atoms with Crippen LogP contribution in [0.5, 0.6) is 0 Å². The minimum Gasteiger partial charge on any atom is -0.271 e. The number of hydrazone groups is 1. The Hall–Kier alpha value is -2.19. The maximum absolute atomic E-state index is 12.1. The van der Waals surface area contributed by atoms with Gasteiger partial charge in [-0.1, -0.05) is 46.3 Å². The summed E-state index contributed by atoms with van der Waals surface area (Å²) in [7, 11) is -3.60. The van der Waals surface area contributed by atoms with Crippen LogP contribution >= 0.6 is 15.9 Å². The van der Waals surface area contributed by atoms with Crippen LogP contribution in [-0.4, -0.2) is 33.3 Å². The highest BCUT2D eigenvalue weighted by atomic mass is 79.9. The number of anilines is 1. The fourth-order valence-corrected chi connectivity index (χ4v) is 3.34. The summed E-state index contributed by atoms with van der Waals surface area (Å²) in [5.74, 6) is -0.532. The number of hydrogen-bond donors (Lipinski definition) is 1. The number of amides is 1. The van der Waals surface area contributed by atoms with E-state index in [1.165, 1.54) is 6.21 Å². The molecule has 0 saturated carbocycles. The highest BCUT2D eigenvalue weighted by Crippen LogP contribution is 2.18. The summed E-state index contributed by atoms with van der Waals surface area (Å²) in [6.07, 6.45) is 2.55. The maximum Gasteiger partial charge on any atom is 0.260 e. The molecule has 0 aliphatic rings. The molecule has 0 spiro atoms. The minimum atomic E-state index is -3.60. The first-order chi connectivity index (χ1) is 11.8. The number of carbonyl (C=O) groups excluding carboxylic acids is 1. The summed E-state index contributed by atoms with van der Waals surface area (Å²) in [5, 5.41) is 3.87. The first kappa shape index (κ1) is 19.1. The number of nitrogens with zero attached hydrogens (tertiary/aromatic N) is 2. The quantitative estimate of drug-likeness (QED) is 0.572. The Bertz CT molecular complexity index is 898. The maximum atomic E-state index is 12.1. The second-order valence-corrected chi connectivity index (χ2v) is 8.18. The van der Waals surface area contributed by atoms with Gasteiger partial charge in [-0.2, -0.15) is 5.10 Å². The van der Waals surface area contributed by atoms with E-state index >= 15 is 0 Å². The zero-order chi connectivity index (χ0) is 18.4. The van der Waals surface area contributed by atoms with Gasteiger partial charge in [0.15, 0.2) is 0 Å². The van der Waals surface area contributed by atoms with Crippen molar-refractivity contribution in [2.75, 3.05) is 17.1 Å². The van der Waals surface area contributed by atoms with E-state index in [0.717, 1.165) is 26.2 Å². The topological polar surface area (TPSA) is 78.8 Å². The second-order valence-electron chi connectivity index (χ2n) is 5.42. The number of halogens is 1. The van der Waals surface area contributed by atoms with Crippen LogP contribution in [-0.2, 0) is 14.8 Å². The van der Waals surface area contributed by atoms with E-state index < -0.39 is 15.9 Å². The van der Waals surface area contributed by atoms with Crippen molar-refractivity contribution in [2.45, 2.75) is 6.92 Å². The lowest BCUT2D eigenvalue weighted by Crippen LogP contribution is -2.39. The van der Waals surface area contributed by atoms with Crippen molar-refractivity contribution in [3.8, 4) is 0 Å². The number of carbonyl (C=O) groups is 1. The van der Waals surface area contributed by atoms with Crippen LogP contribution in [0.25, 0.3) is 0 Å². The van der Waals surface area contributed by atoms with Gasteiger partial charge in [0.2, 0.25) is 10.0 Å². The van der Waals surface area contributed by atoms with Crippen LogP contribution < -0.4 is 9.73 Å². The molecule has 132 valence electrons. The molecule has 2 aromatic rings. The van der Waals surface area contributed by atoms with Crippen molar-refractivity contribution < 1.29 is 13.2 Å². The van der Waals surface area contributed by atoms with Gasteiger partial charge in [-0.3, -0.25) is 9.10 Å². The van der Waals surface area contributed by atoms with Crippen molar-refractivity contribution in [3.63, 3.8) is 0 Å². The first-order valence-electron chi connectivity index (χ1n) is 7.38. The van der Waals surface area contributed by atoms with Crippen molar-refractivity contribution in [1.29, 1.82) is 0 Å². The number of nitrogens with one attached hydrogen (secondary N) is 1. The molecular weight excluding hydrogens is 406 g/mol. The van der Waals surface area contributed by atoms with E-state index in [1.807, 2.05) is 37.3 Å². The Labute approximate surface area is 155 Å². The Morgan fingerprint density at radius 3 is 2.60 bits per heavy atom. The van der Waals surface area contributed by atoms with Crippen LogP contribution in [0.4, 0.5) is 5.69 Å². The number of sulfonamides is 1. The van der Waals surface area contributed by atoms with Crippen molar-refractivity contribution in [1.82, 2.24) is 5.43 Å². The molecule has 0 aliphatic carbocycles. The predicted octanol–water partition coefficient (Wildman–Crippen LogP) is 2.67. The smallest absolute Gasteiger partial charge is 0.260 e. The monoisotopic (exact) mass is 423 g/mol. The molecule has 1 N–H and O–H groups in total. The van der Waals surface area contributed by atoms with Gasteiger partial charge in [0.1, 0.15) is 6.54 Å². The van der Waals surface area contributed by atoms with E-state index in [2.05, 4.69) is 26.5 Å². The summed E-state index contributed by atoms with van der Waals surface area (Å²) in [5.41, 5.74) is 4.48. The largest absolute Gasteiger partial charge is 0.271 e. The van der Waals surface area contributed by atoms with Crippen LogP contribution in [0.15, 0.2) is 58.1 Å². The fraction of sp³-hybridized carbons (Fsp3) is 0.176. The molecule has 2 rings (SSSR count). The molecule has 1 amide bonds. The summed E-state index contributed by atoms with van der Waals surface area (Å²) in [6.45, 7) is 1.50. The normalized spacial score (nSPS) is 11.5. The van der Waals surface area contributed by atoms with E-state index in [1.54, 1.807) is 18.2 Å². The SMILES string of the molecule is Cc1cccc(N(CC(=O)N/N=C\c2ccccc2Br)S(C)(=O)=O)c1. The van der Waals surface area contributed by atoms with E-state index in [-0.39, 0.29) is 6.54 Å². The third-order valence-electron chi connectivity index (χ3n) is 3.28. The predicted molar refractivity (Wildman–Crippen MR) is 103 cm³/mol. The summed E-state index contributed by atoms with van der Waals surface area (Å²) < 4.78 is 25.9. The fourth-order valence-electron chi connectivity index (χ4n) is 2.10. The number of benzene rings is 2. The highest BCUT2D eigenvalue weighted by molar-refractivity contribution is 9.10. The third-order valence-corrected chi connectivity index (χ3v) is 5.14. The molecule has 2 aromatic carbocycles. The Kier molecular flexibility index (Phi) is 6.33. The molecule has 0 bridgehead atoms. The average molecular weight is 424 g/mol. The molecule has 0 atom stereocenters. The zero-order valence-corrected chi connectivity index (χ0v) is 16.2. The summed E-state index contributed by atoms with van der Waals surface area (Å²) >= 11 is 3.38. The highest BCUT2D eigenvalue weighted by Gasteiger charge is 2.20. The first-order valence-corrected chi connectivity index (χ1v) is 10.0. The number of hydrogen-bond acceptors (Lipinski definition) is 4. The van der Waals surface area contributed by atoms with Gasteiger partial charge in [-0.05, 0) is 30.7 Å². The standard InChI is InChI=1S/C17H18BrN3O3S/c1-13-6-5-8-15(10-13)21(25(2,23)24)12-17(22)20-19-11-14-7-3-4-9-16(14)18/h3-11H,12H2,1-2H3,(H,20,22)/b19-11-. The van der Waals surface area contributed by atoms with Gasteiger partial charge in [0.25, 0.3) is 5.91 Å². The van der Waals surface area contributed by atoms with E-state index in [0.29, 0.717) is 5.69 Å². The Morgan fingerprint density at radius 2 is 1.96 bits per heavy atom. The molecule has 8 heteroatoms. The molecule has 0 saturated heterocycles. The van der Waals surface area contributed by atoms with Gasteiger partial charge >= 0.3 is 0 Å². The number of rotatable bonds is 6. The van der Waals surface area contributed by atoms with Gasteiger partial charge in [0.05, 0.1) is 18.2 Å². The Balaban J connectivity index is 2.09. The molecule has 0 unspecified atom stereocenters. The molecule has 0 fully saturated rings. The summed E-state index contributed by atoms with van der Waals surface area (Å²) in [6, 6.07) is 14.3. The number of aryl methyl sites for hydroxylation is 1.